The molecule has 166 valence electrons. The van der Waals surface area contributed by atoms with Gasteiger partial charge in [0, 0.05) is 30.4 Å². The highest BCUT2D eigenvalue weighted by Crippen LogP contribution is 2.24. The number of carbonyl (C=O) groups is 2. The molecule has 0 aromatic heterocycles. The second kappa shape index (κ2) is 9.82. The molecule has 3 rings (SSSR count). The molecule has 2 amide bonds. The third-order valence-electron chi connectivity index (χ3n) is 5.18. The van der Waals surface area contributed by atoms with Crippen LogP contribution in [0.1, 0.15) is 30.1 Å². The smallest absolute Gasteiger partial charge is 0.406 e. The Bertz CT molecular complexity index is 880. The summed E-state index contributed by atoms with van der Waals surface area (Å²) in [5.74, 6) is -0.711. The fourth-order valence-electron chi connectivity index (χ4n) is 3.44. The molecule has 6 nitrogen and oxygen atoms in total. The number of hydrogen-bond donors (Lipinski definition) is 2. The zero-order chi connectivity index (χ0) is 22.4. The Morgan fingerprint density at radius 1 is 1.03 bits per heavy atom. The van der Waals surface area contributed by atoms with Crippen LogP contribution >= 0.6 is 0 Å². The lowest BCUT2D eigenvalue weighted by atomic mass is 10.0. The van der Waals surface area contributed by atoms with Crippen molar-refractivity contribution in [2.45, 2.75) is 38.2 Å². The molecule has 1 atom stereocenters. The number of rotatable bonds is 6. The van der Waals surface area contributed by atoms with Crippen molar-refractivity contribution in [3.8, 4) is 5.75 Å². The van der Waals surface area contributed by atoms with Gasteiger partial charge < -0.3 is 15.4 Å². The number of piperidine rings is 1. The Balaban J connectivity index is 1.46. The molecule has 0 aliphatic carbocycles. The summed E-state index contributed by atoms with van der Waals surface area (Å²) >= 11 is 0. The predicted octanol–water partition coefficient (Wildman–Crippen LogP) is 3.81. The van der Waals surface area contributed by atoms with Gasteiger partial charge in [0.05, 0.1) is 6.04 Å². The summed E-state index contributed by atoms with van der Waals surface area (Å²) in [7, 11) is 0. The van der Waals surface area contributed by atoms with E-state index in [4.69, 9.17) is 0 Å². The molecule has 2 aromatic carbocycles. The summed E-state index contributed by atoms with van der Waals surface area (Å²) in [5, 5.41) is 5.73. The number of amides is 2. The van der Waals surface area contributed by atoms with Gasteiger partial charge in [-0.2, -0.15) is 0 Å². The van der Waals surface area contributed by atoms with Crippen LogP contribution in [0.2, 0.25) is 0 Å². The summed E-state index contributed by atoms with van der Waals surface area (Å²) in [6.07, 6.45) is -3.31. The Morgan fingerprint density at radius 2 is 1.65 bits per heavy atom. The van der Waals surface area contributed by atoms with Gasteiger partial charge in [0.2, 0.25) is 5.91 Å². The van der Waals surface area contributed by atoms with E-state index in [0.29, 0.717) is 24.3 Å². The van der Waals surface area contributed by atoms with Crippen LogP contribution in [0.3, 0.4) is 0 Å². The first-order valence-electron chi connectivity index (χ1n) is 9.98. The molecule has 1 aliphatic rings. The number of nitrogens with one attached hydrogen (secondary N) is 2. The van der Waals surface area contributed by atoms with E-state index < -0.39 is 12.4 Å². The minimum absolute atomic E-state index is 0.0420. The number of nitrogens with zero attached hydrogens (tertiary/aromatic N) is 1. The number of alkyl halides is 3. The number of halogens is 3. The van der Waals surface area contributed by atoms with Gasteiger partial charge >= 0.3 is 6.36 Å². The van der Waals surface area contributed by atoms with E-state index in [1.165, 1.54) is 12.1 Å². The van der Waals surface area contributed by atoms with Gasteiger partial charge in [-0.05, 0) is 56.2 Å². The molecule has 0 radical (unpaired) electrons. The molecule has 1 heterocycles. The van der Waals surface area contributed by atoms with Crippen molar-refractivity contribution in [3.63, 3.8) is 0 Å². The largest absolute Gasteiger partial charge is 0.573 e. The molecule has 1 aliphatic heterocycles. The number of carbonyl (C=O) groups excluding carboxylic acids is 2. The SMILES string of the molecule is CC(C(=O)Nc1ccc(OC(F)(F)F)cc1)N1CCC(NC(=O)c2ccccc2)CC1. The molecule has 0 saturated carbocycles. The van der Waals surface area contributed by atoms with Crippen molar-refractivity contribution in [2.75, 3.05) is 18.4 Å². The van der Waals surface area contributed by atoms with E-state index in [-0.39, 0.29) is 23.6 Å². The van der Waals surface area contributed by atoms with E-state index in [9.17, 15) is 22.8 Å². The zero-order valence-electron chi connectivity index (χ0n) is 17.0. The lowest BCUT2D eigenvalue weighted by Crippen LogP contribution is -2.50. The fourth-order valence-corrected chi connectivity index (χ4v) is 3.44. The lowest BCUT2D eigenvalue weighted by molar-refractivity contribution is -0.274. The average Bonchev–Trinajstić information content (AvgIpc) is 2.74. The highest BCUT2D eigenvalue weighted by Gasteiger charge is 2.31. The van der Waals surface area contributed by atoms with Crippen LogP contribution in [-0.2, 0) is 4.79 Å². The first-order chi connectivity index (χ1) is 14.7. The predicted molar refractivity (Wildman–Crippen MR) is 110 cm³/mol. The summed E-state index contributed by atoms with van der Waals surface area (Å²) in [4.78, 5) is 26.8. The van der Waals surface area contributed by atoms with Gasteiger partial charge in [-0.25, -0.2) is 0 Å². The van der Waals surface area contributed by atoms with E-state index in [2.05, 4.69) is 15.4 Å². The first-order valence-corrected chi connectivity index (χ1v) is 9.98. The van der Waals surface area contributed by atoms with Gasteiger partial charge in [-0.15, -0.1) is 13.2 Å². The van der Waals surface area contributed by atoms with Crippen LogP contribution in [-0.4, -0.2) is 48.2 Å². The quantitative estimate of drug-likeness (QED) is 0.724. The molecule has 1 saturated heterocycles. The zero-order valence-corrected chi connectivity index (χ0v) is 17.0. The van der Waals surface area contributed by atoms with E-state index in [1.807, 2.05) is 23.1 Å². The molecule has 1 unspecified atom stereocenters. The van der Waals surface area contributed by atoms with E-state index in [1.54, 1.807) is 19.1 Å². The van der Waals surface area contributed by atoms with Gasteiger partial charge in [0.15, 0.2) is 0 Å². The van der Waals surface area contributed by atoms with Gasteiger partial charge in [0.25, 0.3) is 5.91 Å². The molecule has 9 heteroatoms. The van der Waals surface area contributed by atoms with Crippen LogP contribution in [0, 0.1) is 0 Å². The summed E-state index contributed by atoms with van der Waals surface area (Å²) in [6, 6.07) is 13.6. The highest BCUT2D eigenvalue weighted by atomic mass is 19.4. The third-order valence-corrected chi connectivity index (χ3v) is 5.18. The van der Waals surface area contributed by atoms with Crippen molar-refractivity contribution < 1.29 is 27.5 Å². The first kappa shape index (κ1) is 22.6. The number of ether oxygens (including phenoxy) is 1. The number of hydrogen-bond acceptors (Lipinski definition) is 4. The van der Waals surface area contributed by atoms with Crippen LogP contribution in [0.25, 0.3) is 0 Å². The van der Waals surface area contributed by atoms with Crippen LogP contribution in [0.5, 0.6) is 5.75 Å². The average molecular weight is 435 g/mol. The number of anilines is 1. The van der Waals surface area contributed by atoms with Crippen LogP contribution in [0.15, 0.2) is 54.6 Å². The molecular weight excluding hydrogens is 411 g/mol. The molecule has 0 bridgehead atoms. The topological polar surface area (TPSA) is 70.7 Å². The van der Waals surface area contributed by atoms with Crippen molar-refractivity contribution >= 4 is 17.5 Å². The highest BCUT2D eigenvalue weighted by molar-refractivity contribution is 5.95. The maximum absolute atomic E-state index is 12.5. The van der Waals surface area contributed by atoms with Gasteiger partial charge in [-0.1, -0.05) is 18.2 Å². The third kappa shape index (κ3) is 6.71. The monoisotopic (exact) mass is 435 g/mol. The summed E-state index contributed by atoms with van der Waals surface area (Å²) < 4.78 is 40.5. The number of benzene rings is 2. The molecule has 1 fully saturated rings. The summed E-state index contributed by atoms with van der Waals surface area (Å²) in [5.41, 5.74) is 1.00. The van der Waals surface area contributed by atoms with Crippen molar-refractivity contribution in [1.82, 2.24) is 10.2 Å². The lowest BCUT2D eigenvalue weighted by Gasteiger charge is -2.35. The number of likely N-dealkylation sites (tertiary alicyclic amines) is 1. The standard InChI is InChI=1S/C22H24F3N3O3/c1-15(20(29)26-17-7-9-19(10-8-17)31-22(23,24)25)28-13-11-18(12-14-28)27-21(30)16-5-3-2-4-6-16/h2-10,15,18H,11-14H2,1H3,(H,26,29)(H,27,30). The van der Waals surface area contributed by atoms with Crippen LogP contribution < -0.4 is 15.4 Å². The minimum atomic E-state index is -4.76. The van der Waals surface area contributed by atoms with Crippen molar-refractivity contribution in [2.24, 2.45) is 0 Å². The second-order valence-corrected chi connectivity index (χ2v) is 7.39. The second-order valence-electron chi connectivity index (χ2n) is 7.39. The maximum atomic E-state index is 12.5. The van der Waals surface area contributed by atoms with E-state index >= 15 is 0 Å². The fraction of sp³-hybridized carbons (Fsp3) is 0.364. The normalized spacial score (nSPS) is 16.4. The molecule has 2 N–H and O–H groups in total. The van der Waals surface area contributed by atoms with Gasteiger partial charge in [0.1, 0.15) is 5.75 Å². The van der Waals surface area contributed by atoms with Crippen molar-refractivity contribution in [3.05, 3.63) is 60.2 Å². The Hall–Kier alpha value is -3.07. The Kier molecular flexibility index (Phi) is 7.17. The molecule has 31 heavy (non-hydrogen) atoms. The molecule has 0 spiro atoms. The molecule has 2 aromatic rings. The van der Waals surface area contributed by atoms with E-state index in [0.717, 1.165) is 25.0 Å². The molecular formula is C22H24F3N3O3. The Morgan fingerprint density at radius 3 is 2.23 bits per heavy atom. The van der Waals surface area contributed by atoms with Crippen molar-refractivity contribution in [1.29, 1.82) is 0 Å². The van der Waals surface area contributed by atoms with Gasteiger partial charge in [-0.3, -0.25) is 14.5 Å². The minimum Gasteiger partial charge on any atom is -0.406 e. The Labute approximate surface area is 178 Å². The van der Waals surface area contributed by atoms with Crippen LogP contribution in [0.4, 0.5) is 18.9 Å². The maximum Gasteiger partial charge on any atom is 0.573 e. The summed E-state index contributed by atoms with van der Waals surface area (Å²) in [6.45, 7) is 3.07.